The minimum absolute atomic E-state index is 0.150. The summed E-state index contributed by atoms with van der Waals surface area (Å²) >= 11 is 0. The molecular weight excluding hydrogens is 226 g/mol. The molecule has 18 heavy (non-hydrogen) atoms. The highest BCUT2D eigenvalue weighted by Gasteiger charge is 2.04. The van der Waals surface area contributed by atoms with Gasteiger partial charge in [-0.3, -0.25) is 9.48 Å². The Hall–Kier alpha value is -2.23. The molecule has 1 amide bonds. The van der Waals surface area contributed by atoms with E-state index in [1.54, 1.807) is 18.3 Å². The van der Waals surface area contributed by atoms with Crippen molar-refractivity contribution in [3.05, 3.63) is 60.8 Å². The lowest BCUT2D eigenvalue weighted by atomic mass is 10.1. The molecule has 0 radical (unpaired) electrons. The molecule has 0 spiro atoms. The molecule has 1 aromatic rings. The van der Waals surface area contributed by atoms with Crippen molar-refractivity contribution in [1.82, 2.24) is 9.78 Å². The Morgan fingerprint density at radius 3 is 2.94 bits per heavy atom. The molecule has 0 unspecified atom stereocenters. The summed E-state index contributed by atoms with van der Waals surface area (Å²) in [6.07, 6.45) is 14.6. The van der Waals surface area contributed by atoms with E-state index in [0.29, 0.717) is 5.36 Å². The van der Waals surface area contributed by atoms with Gasteiger partial charge in [0, 0.05) is 12.6 Å². The number of amides is 1. The number of aromatic nitrogens is 2. The van der Waals surface area contributed by atoms with Crippen molar-refractivity contribution in [2.75, 3.05) is 0 Å². The molecule has 0 N–H and O–H groups in total. The van der Waals surface area contributed by atoms with Crippen LogP contribution in [0, 0.1) is 0 Å². The SMILES string of the molecule is C=CCC(=O)N=c1ccn(C2C=CCC=C2)nc1. The summed E-state index contributed by atoms with van der Waals surface area (Å²) in [5.74, 6) is -0.206. The number of rotatable bonds is 3. The Bertz CT molecular complexity index is 534. The second-order valence-corrected chi connectivity index (χ2v) is 3.95. The van der Waals surface area contributed by atoms with E-state index in [2.05, 4.69) is 41.0 Å². The van der Waals surface area contributed by atoms with Gasteiger partial charge in [0.25, 0.3) is 0 Å². The van der Waals surface area contributed by atoms with Crippen LogP contribution < -0.4 is 5.36 Å². The number of carbonyl (C=O) groups excluding carboxylic acids is 1. The molecule has 0 atom stereocenters. The van der Waals surface area contributed by atoms with E-state index in [1.807, 2.05) is 10.9 Å². The van der Waals surface area contributed by atoms with Crippen LogP contribution in [0.4, 0.5) is 0 Å². The lowest BCUT2D eigenvalue weighted by molar-refractivity contribution is -0.117. The van der Waals surface area contributed by atoms with E-state index in [-0.39, 0.29) is 18.4 Å². The van der Waals surface area contributed by atoms with Crippen molar-refractivity contribution >= 4 is 5.91 Å². The molecule has 1 aromatic heterocycles. The van der Waals surface area contributed by atoms with E-state index in [9.17, 15) is 4.79 Å². The molecule has 0 saturated carbocycles. The minimum atomic E-state index is -0.206. The first-order valence-electron chi connectivity index (χ1n) is 5.86. The largest absolute Gasteiger partial charge is 0.272 e. The van der Waals surface area contributed by atoms with Gasteiger partial charge in [-0.2, -0.15) is 5.10 Å². The van der Waals surface area contributed by atoms with Gasteiger partial charge in [-0.15, -0.1) is 6.58 Å². The average molecular weight is 241 g/mol. The molecule has 1 aliphatic rings. The van der Waals surface area contributed by atoms with Crippen molar-refractivity contribution in [2.24, 2.45) is 4.99 Å². The minimum Gasteiger partial charge on any atom is -0.272 e. The topological polar surface area (TPSA) is 47.2 Å². The lowest BCUT2D eigenvalue weighted by Crippen LogP contribution is -2.15. The van der Waals surface area contributed by atoms with Crippen LogP contribution in [0.5, 0.6) is 0 Å². The van der Waals surface area contributed by atoms with Gasteiger partial charge in [-0.25, -0.2) is 4.99 Å². The molecule has 4 heteroatoms. The van der Waals surface area contributed by atoms with E-state index >= 15 is 0 Å². The van der Waals surface area contributed by atoms with E-state index in [4.69, 9.17) is 0 Å². The second kappa shape index (κ2) is 5.91. The Kier molecular flexibility index (Phi) is 4.02. The van der Waals surface area contributed by atoms with Crippen molar-refractivity contribution in [2.45, 2.75) is 18.9 Å². The van der Waals surface area contributed by atoms with Crippen LogP contribution in [0.1, 0.15) is 18.9 Å². The second-order valence-electron chi connectivity index (χ2n) is 3.95. The number of allylic oxidation sites excluding steroid dienone is 4. The maximum Gasteiger partial charge on any atom is 0.250 e. The zero-order valence-electron chi connectivity index (χ0n) is 10.1. The van der Waals surface area contributed by atoms with Gasteiger partial charge in [0.2, 0.25) is 5.91 Å². The van der Waals surface area contributed by atoms with E-state index in [0.717, 1.165) is 6.42 Å². The van der Waals surface area contributed by atoms with Crippen LogP contribution in [-0.2, 0) is 4.79 Å². The predicted octanol–water partition coefficient (Wildman–Crippen LogP) is 1.94. The maximum absolute atomic E-state index is 11.3. The zero-order valence-corrected chi connectivity index (χ0v) is 10.1. The van der Waals surface area contributed by atoms with E-state index in [1.165, 1.54) is 0 Å². The van der Waals surface area contributed by atoms with E-state index < -0.39 is 0 Å². The molecule has 92 valence electrons. The molecule has 0 saturated heterocycles. The third-order valence-electron chi connectivity index (χ3n) is 2.54. The highest BCUT2D eigenvalue weighted by molar-refractivity contribution is 5.78. The first-order chi connectivity index (χ1) is 8.79. The fourth-order valence-electron chi connectivity index (χ4n) is 1.67. The number of hydrogen-bond donors (Lipinski definition) is 0. The maximum atomic E-state index is 11.3. The van der Waals surface area contributed by atoms with Crippen molar-refractivity contribution < 1.29 is 4.79 Å². The summed E-state index contributed by atoms with van der Waals surface area (Å²) in [5, 5.41) is 4.83. The van der Waals surface area contributed by atoms with Crippen LogP contribution in [0.15, 0.2) is 60.4 Å². The molecule has 0 fully saturated rings. The van der Waals surface area contributed by atoms with Gasteiger partial charge in [0.15, 0.2) is 0 Å². The molecule has 0 aromatic carbocycles. The number of hydrogen-bond acceptors (Lipinski definition) is 2. The summed E-state index contributed by atoms with van der Waals surface area (Å²) < 4.78 is 1.82. The average Bonchev–Trinajstić information content (AvgIpc) is 2.41. The van der Waals surface area contributed by atoms with Crippen LogP contribution in [0.3, 0.4) is 0 Å². The first kappa shape index (κ1) is 12.2. The van der Waals surface area contributed by atoms with Gasteiger partial charge >= 0.3 is 0 Å². The lowest BCUT2D eigenvalue weighted by Gasteiger charge is -2.13. The summed E-state index contributed by atoms with van der Waals surface area (Å²) in [5.41, 5.74) is 0. The van der Waals surface area contributed by atoms with Crippen LogP contribution >= 0.6 is 0 Å². The van der Waals surface area contributed by atoms with Gasteiger partial charge in [0.05, 0.1) is 17.6 Å². The fraction of sp³-hybridized carbons (Fsp3) is 0.214. The fourth-order valence-corrected chi connectivity index (χ4v) is 1.67. The summed E-state index contributed by atoms with van der Waals surface area (Å²) in [7, 11) is 0. The Labute approximate surface area is 106 Å². The molecule has 1 heterocycles. The van der Waals surface area contributed by atoms with Crippen LogP contribution in [0.25, 0.3) is 0 Å². The normalized spacial score (nSPS) is 15.9. The Morgan fingerprint density at radius 1 is 1.56 bits per heavy atom. The molecule has 2 rings (SSSR count). The summed E-state index contributed by atoms with van der Waals surface area (Å²) in [6.45, 7) is 3.50. The third kappa shape index (κ3) is 3.13. The summed E-state index contributed by atoms with van der Waals surface area (Å²) in [6, 6.07) is 1.93. The van der Waals surface area contributed by atoms with Gasteiger partial charge < -0.3 is 0 Å². The molecule has 0 aliphatic heterocycles. The van der Waals surface area contributed by atoms with Gasteiger partial charge in [-0.1, -0.05) is 30.4 Å². The monoisotopic (exact) mass is 241 g/mol. The molecule has 4 nitrogen and oxygen atoms in total. The predicted molar refractivity (Wildman–Crippen MR) is 69.5 cm³/mol. The molecular formula is C14H15N3O. The first-order valence-corrected chi connectivity index (χ1v) is 5.86. The highest BCUT2D eigenvalue weighted by atomic mass is 16.1. The standard InChI is InChI=1S/C14H15N3O/c1-2-6-14(18)16-12-9-10-17(15-11-12)13-7-4-3-5-8-13/h2,4-5,7-11,13H,1,3,6H2. The van der Waals surface area contributed by atoms with Crippen LogP contribution in [-0.4, -0.2) is 15.7 Å². The Morgan fingerprint density at radius 2 is 2.33 bits per heavy atom. The third-order valence-corrected chi connectivity index (χ3v) is 2.54. The van der Waals surface area contributed by atoms with Crippen LogP contribution in [0.2, 0.25) is 0 Å². The molecule has 1 aliphatic carbocycles. The van der Waals surface area contributed by atoms with Crippen molar-refractivity contribution in [3.8, 4) is 0 Å². The smallest absolute Gasteiger partial charge is 0.250 e. The Balaban J connectivity index is 2.17. The van der Waals surface area contributed by atoms with Crippen molar-refractivity contribution in [3.63, 3.8) is 0 Å². The molecule has 0 bridgehead atoms. The zero-order chi connectivity index (χ0) is 12.8. The quantitative estimate of drug-likeness (QED) is 0.759. The van der Waals surface area contributed by atoms with Gasteiger partial charge in [-0.05, 0) is 12.5 Å². The number of carbonyl (C=O) groups is 1. The summed E-state index contributed by atoms with van der Waals surface area (Å²) in [4.78, 5) is 15.2. The number of nitrogens with zero attached hydrogens (tertiary/aromatic N) is 3. The highest BCUT2D eigenvalue weighted by Crippen LogP contribution is 2.12. The van der Waals surface area contributed by atoms with Gasteiger partial charge in [0.1, 0.15) is 0 Å². The van der Waals surface area contributed by atoms with Crippen molar-refractivity contribution in [1.29, 1.82) is 0 Å².